The SMILES string of the molecule is Cc1ccc(SC2(CO)CC(=O)N(Cc3ccc(Br)cc3)[C@H]2c2c[nH]c3cc(Cl)ccc23)cc1. The first-order chi connectivity index (χ1) is 16.4. The van der Waals surface area contributed by atoms with Crippen LogP contribution in [0.1, 0.15) is 29.2 Å². The van der Waals surface area contributed by atoms with Crippen LogP contribution in [0.2, 0.25) is 5.02 Å². The van der Waals surface area contributed by atoms with E-state index in [9.17, 15) is 9.90 Å². The summed E-state index contributed by atoms with van der Waals surface area (Å²) in [5.41, 5.74) is 4.12. The van der Waals surface area contributed by atoms with Crippen LogP contribution in [0.4, 0.5) is 0 Å². The van der Waals surface area contributed by atoms with E-state index in [2.05, 4.69) is 52.1 Å². The molecule has 3 aromatic carbocycles. The quantitative estimate of drug-likeness (QED) is 0.272. The summed E-state index contributed by atoms with van der Waals surface area (Å²) in [5, 5.41) is 12.5. The third-order valence-electron chi connectivity index (χ3n) is 6.43. The van der Waals surface area contributed by atoms with Gasteiger partial charge < -0.3 is 15.0 Å². The third-order valence-corrected chi connectivity index (χ3v) is 8.60. The van der Waals surface area contributed by atoms with Crippen LogP contribution in [0.25, 0.3) is 10.9 Å². The summed E-state index contributed by atoms with van der Waals surface area (Å²) in [5.74, 6) is 0.0323. The Balaban J connectivity index is 1.62. The predicted octanol–water partition coefficient (Wildman–Crippen LogP) is 6.89. The molecule has 0 bridgehead atoms. The average molecular weight is 556 g/mol. The number of aliphatic hydroxyl groups is 1. The molecule has 2 atom stereocenters. The van der Waals surface area contributed by atoms with E-state index in [0.29, 0.717) is 11.6 Å². The second-order valence-electron chi connectivity index (χ2n) is 8.80. The van der Waals surface area contributed by atoms with Crippen molar-refractivity contribution in [3.05, 3.63) is 99.1 Å². The molecule has 0 radical (unpaired) electrons. The number of likely N-dealkylation sites (tertiary alicyclic amines) is 1. The molecule has 2 N–H and O–H groups in total. The van der Waals surface area contributed by atoms with Crippen LogP contribution >= 0.6 is 39.3 Å². The van der Waals surface area contributed by atoms with Crippen molar-refractivity contribution in [3.63, 3.8) is 0 Å². The van der Waals surface area contributed by atoms with Crippen LogP contribution in [0.5, 0.6) is 0 Å². The highest BCUT2D eigenvalue weighted by Crippen LogP contribution is 2.53. The number of aromatic nitrogens is 1. The number of halogens is 2. The number of aromatic amines is 1. The van der Waals surface area contributed by atoms with Gasteiger partial charge in [0.25, 0.3) is 0 Å². The number of rotatable bonds is 6. The number of aryl methyl sites for hydroxylation is 1. The monoisotopic (exact) mass is 554 g/mol. The van der Waals surface area contributed by atoms with Crippen molar-refractivity contribution < 1.29 is 9.90 Å². The van der Waals surface area contributed by atoms with Crippen molar-refractivity contribution in [2.75, 3.05) is 6.61 Å². The van der Waals surface area contributed by atoms with Gasteiger partial charge in [0, 0.05) is 50.0 Å². The van der Waals surface area contributed by atoms with E-state index in [4.69, 9.17) is 11.6 Å². The lowest BCUT2D eigenvalue weighted by Gasteiger charge is -2.36. The van der Waals surface area contributed by atoms with Crippen molar-refractivity contribution >= 4 is 56.1 Å². The molecule has 4 aromatic rings. The Morgan fingerprint density at radius 1 is 1.15 bits per heavy atom. The third kappa shape index (κ3) is 4.40. The molecule has 4 nitrogen and oxygen atoms in total. The van der Waals surface area contributed by atoms with E-state index in [1.807, 2.05) is 53.6 Å². The molecule has 1 aliphatic rings. The molecule has 1 aliphatic heterocycles. The molecular formula is C27H24BrClN2O2S. The zero-order valence-corrected chi connectivity index (χ0v) is 21.8. The average Bonchev–Trinajstić information content (AvgIpc) is 3.34. The molecule has 0 spiro atoms. The minimum Gasteiger partial charge on any atom is -0.395 e. The molecule has 174 valence electrons. The standard InChI is InChI=1S/C27H24BrClN2O2S/c1-17-2-9-21(10-3-17)34-27(16-32)13-25(33)31(15-18-4-6-19(28)7-5-18)26(27)23-14-30-24-12-20(29)8-11-22(23)24/h2-12,14,26,30,32H,13,15-16H2,1H3/t26-,27?/m0/s1. The maximum Gasteiger partial charge on any atom is 0.225 e. The summed E-state index contributed by atoms with van der Waals surface area (Å²) in [4.78, 5) is 19.8. The first kappa shape index (κ1) is 23.5. The van der Waals surface area contributed by atoms with Crippen molar-refractivity contribution in [2.24, 2.45) is 0 Å². The maximum absolute atomic E-state index is 13.5. The van der Waals surface area contributed by atoms with Gasteiger partial charge in [0.2, 0.25) is 5.91 Å². The summed E-state index contributed by atoms with van der Waals surface area (Å²) < 4.78 is 0.268. The number of aliphatic hydroxyl groups excluding tert-OH is 1. The highest BCUT2D eigenvalue weighted by molar-refractivity contribution is 9.10. The van der Waals surface area contributed by atoms with E-state index in [1.165, 1.54) is 5.56 Å². The molecule has 1 aromatic heterocycles. The molecule has 0 saturated carbocycles. The summed E-state index contributed by atoms with van der Waals surface area (Å²) in [6.45, 7) is 2.39. The number of thioether (sulfide) groups is 1. The largest absolute Gasteiger partial charge is 0.395 e. The fraction of sp³-hybridized carbons (Fsp3) is 0.222. The minimum absolute atomic E-state index is 0.0323. The lowest BCUT2D eigenvalue weighted by Crippen LogP contribution is -2.38. The van der Waals surface area contributed by atoms with Crippen molar-refractivity contribution in [3.8, 4) is 0 Å². The fourth-order valence-electron chi connectivity index (χ4n) is 4.75. The fourth-order valence-corrected chi connectivity index (χ4v) is 6.56. The first-order valence-electron chi connectivity index (χ1n) is 11.1. The van der Waals surface area contributed by atoms with Gasteiger partial charge in [-0.25, -0.2) is 0 Å². The van der Waals surface area contributed by atoms with Gasteiger partial charge >= 0.3 is 0 Å². The van der Waals surface area contributed by atoms with Gasteiger partial charge in [0.1, 0.15) is 0 Å². The maximum atomic E-state index is 13.5. The topological polar surface area (TPSA) is 56.3 Å². The van der Waals surface area contributed by atoms with Crippen LogP contribution in [0.3, 0.4) is 0 Å². The number of hydrogen-bond donors (Lipinski definition) is 2. The zero-order valence-electron chi connectivity index (χ0n) is 18.6. The van der Waals surface area contributed by atoms with E-state index in [-0.39, 0.29) is 25.0 Å². The molecular weight excluding hydrogens is 532 g/mol. The summed E-state index contributed by atoms with van der Waals surface area (Å²) in [6, 6.07) is 21.7. The first-order valence-corrected chi connectivity index (χ1v) is 13.0. The van der Waals surface area contributed by atoms with Gasteiger partial charge in [-0.3, -0.25) is 4.79 Å². The summed E-state index contributed by atoms with van der Waals surface area (Å²) >= 11 is 11.3. The number of benzene rings is 3. The second kappa shape index (κ2) is 9.42. The van der Waals surface area contributed by atoms with Gasteiger partial charge in [-0.15, -0.1) is 11.8 Å². The summed E-state index contributed by atoms with van der Waals surface area (Å²) in [6.07, 6.45) is 2.21. The van der Waals surface area contributed by atoms with E-state index < -0.39 is 4.75 Å². The van der Waals surface area contributed by atoms with Gasteiger partial charge in [0.05, 0.1) is 17.4 Å². The lowest BCUT2D eigenvalue weighted by atomic mass is 9.92. The molecule has 1 fully saturated rings. The van der Waals surface area contributed by atoms with Gasteiger partial charge in [-0.05, 0) is 48.9 Å². The van der Waals surface area contributed by atoms with E-state index in [1.54, 1.807) is 11.8 Å². The molecule has 1 unspecified atom stereocenters. The number of carbonyl (C=O) groups is 1. The Labute approximate surface area is 216 Å². The van der Waals surface area contributed by atoms with E-state index in [0.717, 1.165) is 31.4 Å². The Morgan fingerprint density at radius 2 is 1.88 bits per heavy atom. The highest BCUT2D eigenvalue weighted by Gasteiger charge is 2.53. The Morgan fingerprint density at radius 3 is 2.59 bits per heavy atom. The van der Waals surface area contributed by atoms with Crippen molar-refractivity contribution in [2.45, 2.75) is 35.6 Å². The van der Waals surface area contributed by atoms with Gasteiger partial charge in [-0.2, -0.15) is 0 Å². The summed E-state index contributed by atoms with van der Waals surface area (Å²) in [7, 11) is 0. The molecule has 34 heavy (non-hydrogen) atoms. The molecule has 1 saturated heterocycles. The number of H-pyrrole nitrogens is 1. The minimum atomic E-state index is -0.726. The van der Waals surface area contributed by atoms with Gasteiger partial charge in [-0.1, -0.05) is 63.4 Å². The van der Waals surface area contributed by atoms with Crippen LogP contribution < -0.4 is 0 Å². The van der Waals surface area contributed by atoms with E-state index >= 15 is 0 Å². The van der Waals surface area contributed by atoms with Crippen LogP contribution in [0.15, 0.2) is 82.3 Å². The molecule has 0 aliphatic carbocycles. The van der Waals surface area contributed by atoms with Gasteiger partial charge in [0.15, 0.2) is 0 Å². The number of nitrogens with zero attached hydrogens (tertiary/aromatic N) is 1. The molecule has 5 rings (SSSR count). The highest BCUT2D eigenvalue weighted by atomic mass is 79.9. The normalized spacial score (nSPS) is 20.4. The number of hydrogen-bond acceptors (Lipinski definition) is 3. The predicted molar refractivity (Wildman–Crippen MR) is 142 cm³/mol. The number of amides is 1. The Hall–Kier alpha value is -2.25. The van der Waals surface area contributed by atoms with Crippen molar-refractivity contribution in [1.29, 1.82) is 0 Å². The molecule has 7 heteroatoms. The second-order valence-corrected chi connectivity index (χ2v) is 11.6. The Bertz CT molecular complexity index is 1340. The Kier molecular flexibility index (Phi) is 6.51. The number of fused-ring (bicyclic) bond motifs is 1. The zero-order chi connectivity index (χ0) is 23.9. The van der Waals surface area contributed by atoms with Crippen LogP contribution in [-0.4, -0.2) is 32.3 Å². The van der Waals surface area contributed by atoms with Crippen LogP contribution in [-0.2, 0) is 11.3 Å². The molecule has 2 heterocycles. The smallest absolute Gasteiger partial charge is 0.225 e. The number of nitrogens with one attached hydrogen (secondary N) is 1. The molecule has 1 amide bonds. The van der Waals surface area contributed by atoms with Crippen molar-refractivity contribution in [1.82, 2.24) is 9.88 Å². The van der Waals surface area contributed by atoms with Crippen LogP contribution in [0, 0.1) is 6.92 Å². The lowest BCUT2D eigenvalue weighted by molar-refractivity contribution is -0.129. The number of carbonyl (C=O) groups excluding carboxylic acids is 1.